The van der Waals surface area contributed by atoms with Crippen LogP contribution in [0.3, 0.4) is 0 Å². The largest absolute Gasteiger partial charge is 0.396 e. The molecule has 108 valence electrons. The van der Waals surface area contributed by atoms with Crippen LogP contribution in [-0.4, -0.2) is 33.0 Å². The molecule has 7 heteroatoms. The molecule has 0 bridgehead atoms. The standard InChI is InChI=1S/C13H16ClN3O2S/c1-2-9(5-7-18)15-11(19)4-3-10-12(14)16-13-17(10)6-8-20-13/h3-4,6,8-9,18H,2,5,7H2,1H3,(H,15,19)/b4-3+. The summed E-state index contributed by atoms with van der Waals surface area (Å²) in [5.41, 5.74) is 0.688. The highest BCUT2D eigenvalue weighted by Gasteiger charge is 2.10. The van der Waals surface area contributed by atoms with Crippen LogP contribution in [0.1, 0.15) is 25.5 Å². The van der Waals surface area contributed by atoms with E-state index in [0.29, 0.717) is 17.3 Å². The molecule has 0 aromatic carbocycles. The average Bonchev–Trinajstić information content (AvgIpc) is 2.96. The number of carbonyl (C=O) groups excluding carboxylic acids is 1. The van der Waals surface area contributed by atoms with E-state index < -0.39 is 0 Å². The lowest BCUT2D eigenvalue weighted by Crippen LogP contribution is -2.33. The number of amides is 1. The van der Waals surface area contributed by atoms with Gasteiger partial charge >= 0.3 is 0 Å². The van der Waals surface area contributed by atoms with Gasteiger partial charge in [0.25, 0.3) is 0 Å². The lowest BCUT2D eigenvalue weighted by atomic mass is 10.1. The molecule has 0 spiro atoms. The number of imidazole rings is 1. The number of hydrogen-bond acceptors (Lipinski definition) is 4. The van der Waals surface area contributed by atoms with Gasteiger partial charge < -0.3 is 10.4 Å². The summed E-state index contributed by atoms with van der Waals surface area (Å²) in [6.45, 7) is 2.03. The Hall–Kier alpha value is -1.37. The second kappa shape index (κ2) is 6.88. The number of nitrogens with zero attached hydrogens (tertiary/aromatic N) is 2. The zero-order chi connectivity index (χ0) is 14.5. The predicted molar refractivity (Wildman–Crippen MR) is 81.0 cm³/mol. The van der Waals surface area contributed by atoms with E-state index in [1.807, 2.05) is 22.9 Å². The van der Waals surface area contributed by atoms with Crippen LogP contribution in [0.4, 0.5) is 0 Å². The summed E-state index contributed by atoms with van der Waals surface area (Å²) in [7, 11) is 0. The number of nitrogens with one attached hydrogen (secondary N) is 1. The summed E-state index contributed by atoms with van der Waals surface area (Å²) in [6.07, 6.45) is 6.28. The fraction of sp³-hybridized carbons (Fsp3) is 0.385. The summed E-state index contributed by atoms with van der Waals surface area (Å²) < 4.78 is 1.84. The minimum Gasteiger partial charge on any atom is -0.396 e. The van der Waals surface area contributed by atoms with Crippen molar-refractivity contribution < 1.29 is 9.90 Å². The fourth-order valence-corrected chi connectivity index (χ4v) is 2.87. The van der Waals surface area contributed by atoms with E-state index >= 15 is 0 Å². The molecule has 0 aliphatic heterocycles. The molecule has 0 saturated carbocycles. The molecular weight excluding hydrogens is 298 g/mol. The Morgan fingerprint density at radius 3 is 3.20 bits per heavy atom. The highest BCUT2D eigenvalue weighted by atomic mass is 35.5. The van der Waals surface area contributed by atoms with Crippen molar-refractivity contribution in [2.75, 3.05) is 6.61 Å². The lowest BCUT2D eigenvalue weighted by Gasteiger charge is -2.13. The molecule has 0 fully saturated rings. The Morgan fingerprint density at radius 1 is 1.70 bits per heavy atom. The van der Waals surface area contributed by atoms with Gasteiger partial charge in [-0.2, -0.15) is 0 Å². The van der Waals surface area contributed by atoms with Crippen LogP contribution in [0.25, 0.3) is 11.0 Å². The molecule has 5 nitrogen and oxygen atoms in total. The average molecular weight is 314 g/mol. The first-order chi connectivity index (χ1) is 9.65. The normalized spacial score (nSPS) is 13.2. The van der Waals surface area contributed by atoms with Crippen LogP contribution in [0.15, 0.2) is 17.7 Å². The van der Waals surface area contributed by atoms with Crippen molar-refractivity contribution in [1.29, 1.82) is 0 Å². The molecule has 0 aliphatic rings. The number of aliphatic hydroxyl groups excluding tert-OH is 1. The molecule has 20 heavy (non-hydrogen) atoms. The maximum Gasteiger partial charge on any atom is 0.244 e. The van der Waals surface area contributed by atoms with Gasteiger partial charge in [0.05, 0.1) is 5.69 Å². The number of aromatic nitrogens is 2. The lowest BCUT2D eigenvalue weighted by molar-refractivity contribution is -0.117. The molecule has 0 radical (unpaired) electrons. The Balaban J connectivity index is 2.07. The number of hydrogen-bond donors (Lipinski definition) is 2. The number of carbonyl (C=O) groups is 1. The zero-order valence-corrected chi connectivity index (χ0v) is 12.6. The van der Waals surface area contributed by atoms with Crippen molar-refractivity contribution in [2.24, 2.45) is 0 Å². The number of thiazole rings is 1. The van der Waals surface area contributed by atoms with Gasteiger partial charge in [-0.05, 0) is 18.9 Å². The predicted octanol–water partition coefficient (Wildman–Crippen LogP) is 2.34. The van der Waals surface area contributed by atoms with E-state index in [-0.39, 0.29) is 18.6 Å². The van der Waals surface area contributed by atoms with Gasteiger partial charge in [0, 0.05) is 30.3 Å². The third kappa shape index (κ3) is 3.39. The highest BCUT2D eigenvalue weighted by molar-refractivity contribution is 7.15. The van der Waals surface area contributed by atoms with E-state index in [0.717, 1.165) is 11.4 Å². The highest BCUT2D eigenvalue weighted by Crippen LogP contribution is 2.22. The van der Waals surface area contributed by atoms with Gasteiger partial charge in [0.1, 0.15) is 0 Å². The van der Waals surface area contributed by atoms with Crippen LogP contribution in [0, 0.1) is 0 Å². The second-order valence-corrected chi connectivity index (χ2v) is 5.53. The maximum atomic E-state index is 11.8. The molecule has 0 saturated heterocycles. The Bertz CT molecular complexity index is 620. The topological polar surface area (TPSA) is 66.6 Å². The van der Waals surface area contributed by atoms with Crippen molar-refractivity contribution in [3.05, 3.63) is 28.5 Å². The molecule has 2 N–H and O–H groups in total. The summed E-state index contributed by atoms with van der Waals surface area (Å²) in [4.78, 5) is 16.8. The van der Waals surface area contributed by atoms with E-state index in [1.165, 1.54) is 17.4 Å². The first-order valence-corrected chi connectivity index (χ1v) is 7.62. The SMILES string of the molecule is CCC(CCO)NC(=O)/C=C/c1c(Cl)nc2sccn12. The number of fused-ring (bicyclic) bond motifs is 1. The van der Waals surface area contributed by atoms with Gasteiger partial charge in [-0.25, -0.2) is 4.98 Å². The Morgan fingerprint density at radius 2 is 2.50 bits per heavy atom. The van der Waals surface area contributed by atoms with E-state index in [2.05, 4.69) is 10.3 Å². The van der Waals surface area contributed by atoms with Crippen LogP contribution in [0.5, 0.6) is 0 Å². The van der Waals surface area contributed by atoms with Gasteiger partial charge in [0.2, 0.25) is 5.91 Å². The monoisotopic (exact) mass is 313 g/mol. The van der Waals surface area contributed by atoms with Crippen molar-refractivity contribution in [3.63, 3.8) is 0 Å². The third-order valence-electron chi connectivity index (χ3n) is 2.96. The van der Waals surface area contributed by atoms with Crippen molar-refractivity contribution in [3.8, 4) is 0 Å². The minimum absolute atomic E-state index is 0.0146. The smallest absolute Gasteiger partial charge is 0.244 e. The van der Waals surface area contributed by atoms with Crippen molar-refractivity contribution in [1.82, 2.24) is 14.7 Å². The van der Waals surface area contributed by atoms with E-state index in [4.69, 9.17) is 16.7 Å². The Labute approximate surface area is 125 Å². The van der Waals surface area contributed by atoms with Gasteiger partial charge in [-0.3, -0.25) is 9.20 Å². The number of aliphatic hydroxyl groups is 1. The van der Waals surface area contributed by atoms with Gasteiger partial charge in [-0.15, -0.1) is 11.3 Å². The molecule has 0 aliphatic carbocycles. The molecule has 1 unspecified atom stereocenters. The third-order valence-corrected chi connectivity index (χ3v) is 4.00. The van der Waals surface area contributed by atoms with Gasteiger partial charge in [0.15, 0.2) is 10.1 Å². The minimum atomic E-state index is -0.202. The fourth-order valence-electron chi connectivity index (χ4n) is 1.86. The number of halogens is 1. The first kappa shape index (κ1) is 15.0. The van der Waals surface area contributed by atoms with Crippen LogP contribution < -0.4 is 5.32 Å². The maximum absolute atomic E-state index is 11.8. The molecule has 2 heterocycles. The first-order valence-electron chi connectivity index (χ1n) is 6.36. The number of rotatable bonds is 6. The summed E-state index contributed by atoms with van der Waals surface area (Å²) in [5, 5.41) is 14.0. The quantitative estimate of drug-likeness (QED) is 0.804. The van der Waals surface area contributed by atoms with Crippen molar-refractivity contribution in [2.45, 2.75) is 25.8 Å². The van der Waals surface area contributed by atoms with Crippen LogP contribution in [0.2, 0.25) is 5.15 Å². The molecular formula is C13H16ClN3O2S. The molecule has 1 amide bonds. The van der Waals surface area contributed by atoms with Gasteiger partial charge in [-0.1, -0.05) is 18.5 Å². The Kier molecular flexibility index (Phi) is 5.17. The summed E-state index contributed by atoms with van der Waals surface area (Å²) >= 11 is 7.52. The van der Waals surface area contributed by atoms with Crippen molar-refractivity contribution >= 4 is 39.9 Å². The molecule has 2 aromatic rings. The zero-order valence-electron chi connectivity index (χ0n) is 11.0. The summed E-state index contributed by atoms with van der Waals surface area (Å²) in [6, 6.07) is -0.0146. The van der Waals surface area contributed by atoms with E-state index in [9.17, 15) is 4.79 Å². The van der Waals surface area contributed by atoms with E-state index in [1.54, 1.807) is 6.08 Å². The van der Waals surface area contributed by atoms with Crippen LogP contribution in [-0.2, 0) is 4.79 Å². The molecule has 1 atom stereocenters. The summed E-state index contributed by atoms with van der Waals surface area (Å²) in [5.74, 6) is -0.202. The van der Waals surface area contributed by atoms with Crippen LogP contribution >= 0.6 is 22.9 Å². The molecule has 2 rings (SSSR count). The molecule has 2 aromatic heterocycles. The second-order valence-electron chi connectivity index (χ2n) is 4.30.